The molecule has 0 aliphatic carbocycles. The SMILES string of the molecule is CCC(C)NS(=O)(=O)c1ccc(C(=O)NCCOc2ccc(OC)cc2)cc1. The van der Waals surface area contributed by atoms with Crippen LogP contribution in [0.5, 0.6) is 11.5 Å². The Morgan fingerprint density at radius 2 is 1.64 bits per heavy atom. The molecule has 2 aromatic rings. The summed E-state index contributed by atoms with van der Waals surface area (Å²) in [4.78, 5) is 12.3. The lowest BCUT2D eigenvalue weighted by molar-refractivity contribution is 0.0947. The van der Waals surface area contributed by atoms with E-state index < -0.39 is 10.0 Å². The molecular formula is C20H26N2O5S. The van der Waals surface area contributed by atoms with Gasteiger partial charge in [0.15, 0.2) is 0 Å². The standard InChI is InChI=1S/C20H26N2O5S/c1-4-15(2)22-28(24,25)19-11-5-16(6-12-19)20(23)21-13-14-27-18-9-7-17(26-3)8-10-18/h5-12,15,22H,4,13-14H2,1-3H3,(H,21,23). The first kappa shape index (κ1) is 21.7. The number of sulfonamides is 1. The summed E-state index contributed by atoms with van der Waals surface area (Å²) < 4.78 is 37.7. The summed E-state index contributed by atoms with van der Waals surface area (Å²) in [6.07, 6.45) is 0.693. The number of carbonyl (C=O) groups excluding carboxylic acids is 1. The van der Waals surface area contributed by atoms with Crippen molar-refractivity contribution in [2.45, 2.75) is 31.2 Å². The molecule has 28 heavy (non-hydrogen) atoms. The molecule has 0 saturated carbocycles. The van der Waals surface area contributed by atoms with Crippen LogP contribution in [-0.2, 0) is 10.0 Å². The lowest BCUT2D eigenvalue weighted by Gasteiger charge is -2.12. The van der Waals surface area contributed by atoms with Crippen LogP contribution < -0.4 is 19.5 Å². The van der Waals surface area contributed by atoms with Crippen LogP contribution in [0.1, 0.15) is 30.6 Å². The lowest BCUT2D eigenvalue weighted by atomic mass is 10.2. The van der Waals surface area contributed by atoms with E-state index in [0.29, 0.717) is 30.9 Å². The number of nitrogens with one attached hydrogen (secondary N) is 2. The molecule has 0 heterocycles. The Morgan fingerprint density at radius 3 is 2.21 bits per heavy atom. The van der Waals surface area contributed by atoms with Crippen molar-refractivity contribution in [3.8, 4) is 11.5 Å². The summed E-state index contributed by atoms with van der Waals surface area (Å²) in [5.41, 5.74) is 0.381. The molecule has 1 atom stereocenters. The molecule has 2 rings (SSSR count). The normalized spacial score (nSPS) is 12.2. The van der Waals surface area contributed by atoms with Crippen molar-refractivity contribution in [1.29, 1.82) is 0 Å². The molecule has 2 aromatic carbocycles. The van der Waals surface area contributed by atoms with Gasteiger partial charge in [0.25, 0.3) is 5.91 Å². The van der Waals surface area contributed by atoms with Crippen LogP contribution in [0.3, 0.4) is 0 Å². The third kappa shape index (κ3) is 6.24. The van der Waals surface area contributed by atoms with E-state index in [1.165, 1.54) is 24.3 Å². The zero-order chi connectivity index (χ0) is 20.6. The van der Waals surface area contributed by atoms with Crippen molar-refractivity contribution >= 4 is 15.9 Å². The van der Waals surface area contributed by atoms with Gasteiger partial charge < -0.3 is 14.8 Å². The van der Waals surface area contributed by atoms with E-state index in [4.69, 9.17) is 9.47 Å². The fourth-order valence-electron chi connectivity index (χ4n) is 2.31. The smallest absolute Gasteiger partial charge is 0.251 e. The number of hydrogen-bond donors (Lipinski definition) is 2. The molecule has 152 valence electrons. The molecule has 0 aromatic heterocycles. The monoisotopic (exact) mass is 406 g/mol. The van der Waals surface area contributed by atoms with Gasteiger partial charge in [0.1, 0.15) is 18.1 Å². The first-order valence-corrected chi connectivity index (χ1v) is 10.5. The largest absolute Gasteiger partial charge is 0.497 e. The van der Waals surface area contributed by atoms with Gasteiger partial charge in [-0.3, -0.25) is 4.79 Å². The van der Waals surface area contributed by atoms with Crippen LogP contribution >= 0.6 is 0 Å². The number of benzene rings is 2. The molecule has 2 N–H and O–H groups in total. The molecule has 8 heteroatoms. The third-order valence-electron chi connectivity index (χ3n) is 4.11. The first-order valence-electron chi connectivity index (χ1n) is 9.03. The number of hydrogen-bond acceptors (Lipinski definition) is 5. The Morgan fingerprint density at radius 1 is 1.04 bits per heavy atom. The average molecular weight is 407 g/mol. The van der Waals surface area contributed by atoms with Crippen molar-refractivity contribution in [3.63, 3.8) is 0 Å². The second kappa shape index (κ2) is 10.1. The highest BCUT2D eigenvalue weighted by Gasteiger charge is 2.17. The molecule has 0 aliphatic rings. The average Bonchev–Trinajstić information content (AvgIpc) is 2.71. The Labute approximate surface area is 166 Å². The summed E-state index contributed by atoms with van der Waals surface area (Å²) in [7, 11) is -1.99. The number of amides is 1. The van der Waals surface area contributed by atoms with Crippen LogP contribution in [0.2, 0.25) is 0 Å². The van der Waals surface area contributed by atoms with Crippen LogP contribution in [0.25, 0.3) is 0 Å². The minimum Gasteiger partial charge on any atom is -0.497 e. The predicted octanol–water partition coefficient (Wildman–Crippen LogP) is 2.58. The van der Waals surface area contributed by atoms with Gasteiger partial charge in [0, 0.05) is 11.6 Å². The second-order valence-corrected chi connectivity index (χ2v) is 7.95. The zero-order valence-corrected chi connectivity index (χ0v) is 17.1. The van der Waals surface area contributed by atoms with E-state index in [9.17, 15) is 13.2 Å². The Hall–Kier alpha value is -2.58. The minimum atomic E-state index is -3.58. The van der Waals surface area contributed by atoms with Crippen molar-refractivity contribution in [2.75, 3.05) is 20.3 Å². The fraction of sp³-hybridized carbons (Fsp3) is 0.350. The van der Waals surface area contributed by atoms with E-state index in [-0.39, 0.29) is 16.8 Å². The molecule has 0 saturated heterocycles. The van der Waals surface area contributed by atoms with Crippen LogP contribution in [0, 0.1) is 0 Å². The van der Waals surface area contributed by atoms with Gasteiger partial charge in [0.2, 0.25) is 10.0 Å². The molecule has 0 radical (unpaired) electrons. The van der Waals surface area contributed by atoms with Crippen molar-refractivity contribution < 1.29 is 22.7 Å². The summed E-state index contributed by atoms with van der Waals surface area (Å²) in [6.45, 7) is 4.33. The zero-order valence-electron chi connectivity index (χ0n) is 16.3. The van der Waals surface area contributed by atoms with Crippen molar-refractivity contribution in [1.82, 2.24) is 10.0 Å². The highest BCUT2D eigenvalue weighted by molar-refractivity contribution is 7.89. The van der Waals surface area contributed by atoms with Gasteiger partial charge in [-0.1, -0.05) is 6.92 Å². The molecule has 7 nitrogen and oxygen atoms in total. The summed E-state index contributed by atoms with van der Waals surface area (Å²) in [6, 6.07) is 12.8. The number of carbonyl (C=O) groups is 1. The highest BCUT2D eigenvalue weighted by Crippen LogP contribution is 2.16. The summed E-state index contributed by atoms with van der Waals surface area (Å²) >= 11 is 0. The molecule has 0 aliphatic heterocycles. The van der Waals surface area contributed by atoms with Crippen molar-refractivity contribution in [2.24, 2.45) is 0 Å². The van der Waals surface area contributed by atoms with Gasteiger partial charge in [-0.2, -0.15) is 0 Å². The third-order valence-corrected chi connectivity index (χ3v) is 5.72. The van der Waals surface area contributed by atoms with Crippen LogP contribution in [0.15, 0.2) is 53.4 Å². The first-order chi connectivity index (χ1) is 13.4. The van der Waals surface area contributed by atoms with Crippen molar-refractivity contribution in [3.05, 3.63) is 54.1 Å². The minimum absolute atomic E-state index is 0.132. The van der Waals surface area contributed by atoms with E-state index >= 15 is 0 Å². The molecule has 0 bridgehead atoms. The molecule has 1 unspecified atom stereocenters. The predicted molar refractivity (Wildman–Crippen MR) is 107 cm³/mol. The second-order valence-electron chi connectivity index (χ2n) is 6.23. The van der Waals surface area contributed by atoms with Gasteiger partial charge >= 0.3 is 0 Å². The maximum absolute atomic E-state index is 12.2. The topological polar surface area (TPSA) is 93.7 Å². The fourth-order valence-corrected chi connectivity index (χ4v) is 3.64. The Bertz CT molecular complexity index is 864. The van der Waals surface area contributed by atoms with E-state index in [1.807, 2.05) is 6.92 Å². The van der Waals surface area contributed by atoms with Crippen LogP contribution in [-0.4, -0.2) is 40.6 Å². The maximum atomic E-state index is 12.2. The van der Waals surface area contributed by atoms with E-state index in [1.54, 1.807) is 38.3 Å². The van der Waals surface area contributed by atoms with Gasteiger partial charge in [-0.25, -0.2) is 13.1 Å². The van der Waals surface area contributed by atoms with Crippen LogP contribution in [0.4, 0.5) is 0 Å². The van der Waals surface area contributed by atoms with Gasteiger partial charge in [-0.15, -0.1) is 0 Å². The van der Waals surface area contributed by atoms with E-state index in [2.05, 4.69) is 10.0 Å². The number of rotatable bonds is 10. The number of ether oxygens (including phenoxy) is 2. The molecule has 0 fully saturated rings. The highest BCUT2D eigenvalue weighted by atomic mass is 32.2. The molecule has 1 amide bonds. The number of methoxy groups -OCH3 is 1. The van der Waals surface area contributed by atoms with Gasteiger partial charge in [0.05, 0.1) is 18.6 Å². The van der Waals surface area contributed by atoms with E-state index in [0.717, 1.165) is 5.75 Å². The summed E-state index contributed by atoms with van der Waals surface area (Å²) in [5, 5.41) is 2.74. The lowest BCUT2D eigenvalue weighted by Crippen LogP contribution is -2.32. The Kier molecular flexibility index (Phi) is 7.83. The van der Waals surface area contributed by atoms with Gasteiger partial charge in [-0.05, 0) is 61.9 Å². The molecule has 0 spiro atoms. The maximum Gasteiger partial charge on any atom is 0.251 e. The summed E-state index contributed by atoms with van der Waals surface area (Å²) in [5.74, 6) is 1.13. The quantitative estimate of drug-likeness (QED) is 0.592. The molecular weight excluding hydrogens is 380 g/mol. The Balaban J connectivity index is 1.83.